The lowest BCUT2D eigenvalue weighted by atomic mass is 9.89. The molecular weight excluding hydrogens is 619 g/mol. The van der Waals surface area contributed by atoms with Crippen LogP contribution in [0.5, 0.6) is 5.75 Å². The predicted molar refractivity (Wildman–Crippen MR) is 159 cm³/mol. The topological polar surface area (TPSA) is 168 Å². The smallest absolute Gasteiger partial charge is 0.337 e. The number of carboxylic acid groups (broad SMARTS) is 1. The second kappa shape index (κ2) is 10.5. The zero-order valence-electron chi connectivity index (χ0n) is 21.4. The summed E-state index contributed by atoms with van der Waals surface area (Å²) in [6.45, 7) is 0. The maximum atomic E-state index is 13.2. The number of rotatable bonds is 5. The van der Waals surface area contributed by atoms with E-state index in [-0.39, 0.29) is 55.3 Å². The van der Waals surface area contributed by atoms with Gasteiger partial charge in [-0.25, -0.2) is 4.79 Å². The van der Waals surface area contributed by atoms with Crippen LogP contribution in [0.1, 0.15) is 10.4 Å². The number of halogens is 2. The summed E-state index contributed by atoms with van der Waals surface area (Å²) in [7, 11) is -5.21. The summed E-state index contributed by atoms with van der Waals surface area (Å²) >= 11 is 12.9. The molecule has 43 heavy (non-hydrogen) atoms. The molecule has 0 atom stereocenters. The Morgan fingerprint density at radius 3 is 2.09 bits per heavy atom. The molecule has 3 heterocycles. The van der Waals surface area contributed by atoms with E-state index in [1.807, 2.05) is 0 Å². The molecule has 0 amide bonds. The maximum Gasteiger partial charge on any atom is 0.337 e. The molecule has 4 aromatic rings. The molecule has 10 nitrogen and oxygen atoms in total. The molecule has 0 saturated heterocycles. The number of fused-ring (bicyclic) bond motifs is 2. The van der Waals surface area contributed by atoms with Gasteiger partial charge in [0.1, 0.15) is 22.0 Å². The number of phenolic OH excluding ortho intramolecular Hbond substituents is 1. The fraction of sp³-hybridized carbons (Fsp3) is 0. The predicted octanol–water partition coefficient (Wildman–Crippen LogP) is 6.65. The Balaban J connectivity index is 1.86. The molecular formula is C30H16Cl2N2O8S. The van der Waals surface area contributed by atoms with Crippen molar-refractivity contribution < 1.29 is 32.4 Å². The van der Waals surface area contributed by atoms with Crippen LogP contribution in [0.15, 0.2) is 93.5 Å². The summed E-state index contributed by atoms with van der Waals surface area (Å²) in [6, 6.07) is 13.0. The fourth-order valence-electron chi connectivity index (χ4n) is 4.96. The summed E-state index contributed by atoms with van der Waals surface area (Å²) in [6.07, 6.45) is 6.03. The second-order valence-electron chi connectivity index (χ2n) is 9.37. The van der Waals surface area contributed by atoms with Crippen LogP contribution in [0, 0.1) is 0 Å². The number of benzene rings is 3. The molecule has 2 aliphatic rings. The standard InChI is InChI=1S/C30H16Cl2N2O8S/c31-21-9-20(30(37)38)28(32)29(43(39,40)41)27(21)26-18-7-16(14-3-1-5-33-12-14)22(35)10-24(18)42-25-11-23(36)17(8-19(25)26)15-4-2-6-34-13-15/h1-13,35H,(H,37,38)(H,39,40,41). The van der Waals surface area contributed by atoms with Gasteiger partial charge < -0.3 is 14.6 Å². The van der Waals surface area contributed by atoms with Crippen LogP contribution in [0.3, 0.4) is 0 Å². The van der Waals surface area contributed by atoms with Crippen molar-refractivity contribution in [1.29, 1.82) is 0 Å². The molecule has 1 aliphatic heterocycles. The molecule has 0 saturated carbocycles. The third kappa shape index (κ3) is 4.88. The summed E-state index contributed by atoms with van der Waals surface area (Å²) < 4.78 is 42.0. The van der Waals surface area contributed by atoms with E-state index in [2.05, 4.69) is 9.97 Å². The lowest BCUT2D eigenvalue weighted by Crippen LogP contribution is -2.10. The van der Waals surface area contributed by atoms with Crippen molar-refractivity contribution in [2.75, 3.05) is 0 Å². The summed E-state index contributed by atoms with van der Waals surface area (Å²) in [4.78, 5) is 32.3. The number of aromatic carboxylic acids is 1. The third-order valence-corrected chi connectivity index (χ3v) is 8.52. The Bertz CT molecular complexity index is 2240. The number of hydrogen-bond acceptors (Lipinski definition) is 8. The molecule has 214 valence electrons. The quantitative estimate of drug-likeness (QED) is 0.138. The molecule has 0 unspecified atom stereocenters. The van der Waals surface area contributed by atoms with Gasteiger partial charge in [0.05, 0.1) is 15.6 Å². The highest BCUT2D eigenvalue weighted by Gasteiger charge is 2.32. The van der Waals surface area contributed by atoms with E-state index in [0.717, 1.165) is 6.07 Å². The van der Waals surface area contributed by atoms with Gasteiger partial charge in [0.2, 0.25) is 0 Å². The molecule has 0 spiro atoms. The monoisotopic (exact) mass is 634 g/mol. The van der Waals surface area contributed by atoms with Gasteiger partial charge >= 0.3 is 5.97 Å². The maximum absolute atomic E-state index is 13.2. The van der Waals surface area contributed by atoms with Gasteiger partial charge in [-0.1, -0.05) is 35.3 Å². The molecule has 0 bridgehead atoms. The first-order chi connectivity index (χ1) is 20.5. The number of phenols is 1. The normalized spacial score (nSPS) is 11.7. The van der Waals surface area contributed by atoms with Gasteiger partial charge in [0.25, 0.3) is 10.1 Å². The molecule has 0 fully saturated rings. The fourth-order valence-corrected chi connectivity index (χ4v) is 6.64. The number of aromatic nitrogens is 2. The van der Waals surface area contributed by atoms with Crippen molar-refractivity contribution in [3.05, 3.63) is 105 Å². The van der Waals surface area contributed by atoms with Crippen LogP contribution >= 0.6 is 23.2 Å². The van der Waals surface area contributed by atoms with E-state index in [4.69, 9.17) is 27.6 Å². The highest BCUT2D eigenvalue weighted by atomic mass is 35.5. The first-order valence-electron chi connectivity index (χ1n) is 12.3. The number of hydrogen-bond donors (Lipinski definition) is 3. The van der Waals surface area contributed by atoms with Gasteiger partial charge in [-0.05, 0) is 30.3 Å². The number of aromatic hydroxyl groups is 1. The van der Waals surface area contributed by atoms with E-state index in [1.165, 1.54) is 42.9 Å². The zero-order valence-corrected chi connectivity index (χ0v) is 23.8. The Morgan fingerprint density at radius 2 is 1.51 bits per heavy atom. The summed E-state index contributed by atoms with van der Waals surface area (Å²) in [5.41, 5.74) is 0.155. The van der Waals surface area contributed by atoms with E-state index in [0.29, 0.717) is 11.1 Å². The molecule has 2 aromatic carbocycles. The Morgan fingerprint density at radius 1 is 0.860 bits per heavy atom. The van der Waals surface area contributed by atoms with E-state index in [9.17, 15) is 32.8 Å². The van der Waals surface area contributed by atoms with Crippen LogP contribution in [0.25, 0.3) is 55.7 Å². The minimum absolute atomic E-state index is 0.0111. The average molecular weight is 635 g/mol. The lowest BCUT2D eigenvalue weighted by molar-refractivity contribution is 0.0697. The Hall–Kier alpha value is -4.81. The van der Waals surface area contributed by atoms with Gasteiger partial charge in [0, 0.05) is 81.3 Å². The van der Waals surface area contributed by atoms with Crippen LogP contribution < -0.4 is 5.43 Å². The van der Waals surface area contributed by atoms with Crippen LogP contribution in [-0.4, -0.2) is 39.1 Å². The highest BCUT2D eigenvalue weighted by Crippen LogP contribution is 2.50. The van der Waals surface area contributed by atoms with E-state index < -0.39 is 37.0 Å². The Kier molecular flexibility index (Phi) is 6.90. The molecule has 2 aromatic heterocycles. The zero-order chi connectivity index (χ0) is 30.6. The second-order valence-corrected chi connectivity index (χ2v) is 11.5. The minimum atomic E-state index is -5.21. The van der Waals surface area contributed by atoms with Gasteiger partial charge in [-0.2, -0.15) is 8.42 Å². The van der Waals surface area contributed by atoms with Crippen molar-refractivity contribution in [2.24, 2.45) is 0 Å². The first kappa shape index (κ1) is 28.3. The molecule has 6 rings (SSSR count). The number of carboxylic acids is 1. The van der Waals surface area contributed by atoms with E-state index in [1.54, 1.807) is 30.5 Å². The first-order valence-corrected chi connectivity index (χ1v) is 14.5. The number of carbonyl (C=O) groups is 1. The molecule has 0 radical (unpaired) electrons. The molecule has 1 aliphatic carbocycles. The lowest BCUT2D eigenvalue weighted by Gasteiger charge is -2.21. The summed E-state index contributed by atoms with van der Waals surface area (Å²) in [5, 5.41) is 19.6. The average Bonchev–Trinajstić information content (AvgIpc) is 2.96. The molecule has 3 N–H and O–H groups in total. The van der Waals surface area contributed by atoms with Crippen LogP contribution in [0.2, 0.25) is 10.0 Å². The largest absolute Gasteiger partial charge is 0.507 e. The highest BCUT2D eigenvalue weighted by molar-refractivity contribution is 7.86. The third-order valence-electron chi connectivity index (χ3n) is 6.79. The van der Waals surface area contributed by atoms with Gasteiger partial charge in [0.15, 0.2) is 5.43 Å². The van der Waals surface area contributed by atoms with Crippen molar-refractivity contribution in [3.8, 4) is 50.5 Å². The van der Waals surface area contributed by atoms with Crippen molar-refractivity contribution in [3.63, 3.8) is 0 Å². The van der Waals surface area contributed by atoms with Crippen molar-refractivity contribution >= 4 is 50.3 Å². The van der Waals surface area contributed by atoms with Crippen molar-refractivity contribution in [2.45, 2.75) is 4.90 Å². The van der Waals surface area contributed by atoms with Crippen LogP contribution in [0.4, 0.5) is 0 Å². The van der Waals surface area contributed by atoms with Gasteiger partial charge in [-0.15, -0.1) is 0 Å². The SMILES string of the molecule is O=C(O)c1cc(Cl)c(-c2c3cc(-c4cccnc4)c(=O)cc-3oc3cc(O)c(-c4cccnc4)cc23)c(S(=O)(=O)O)c1Cl. The molecule has 13 heteroatoms. The van der Waals surface area contributed by atoms with Crippen LogP contribution in [-0.2, 0) is 10.1 Å². The van der Waals surface area contributed by atoms with Gasteiger partial charge in [-0.3, -0.25) is 19.3 Å². The number of pyridine rings is 2. The Labute approximate surface area is 252 Å². The number of nitrogens with zero attached hydrogens (tertiary/aromatic N) is 2. The minimum Gasteiger partial charge on any atom is -0.507 e. The van der Waals surface area contributed by atoms with Crippen molar-refractivity contribution in [1.82, 2.24) is 9.97 Å². The summed E-state index contributed by atoms with van der Waals surface area (Å²) in [5.74, 6) is -1.83. The van der Waals surface area contributed by atoms with E-state index >= 15 is 0 Å².